The number of H-pyrrole nitrogens is 1. The molecule has 0 aliphatic carbocycles. The number of ether oxygens (including phenoxy) is 4. The Morgan fingerprint density at radius 3 is 2.06 bits per heavy atom. The smallest absolute Gasteiger partial charge is 0.313 e. The molecule has 1 aliphatic heterocycles. The highest BCUT2D eigenvalue weighted by Crippen LogP contribution is 2.49. The summed E-state index contributed by atoms with van der Waals surface area (Å²) in [6.45, 7) is -2.53. The number of carbonyl (C=O) groups is 6. The molecule has 7 rings (SSSR count). The number of anilines is 1. The minimum atomic E-state index is -1.87. The first-order chi connectivity index (χ1) is 38.0. The maximum atomic E-state index is 15.3. The van der Waals surface area contributed by atoms with Crippen LogP contribution in [0.1, 0.15) is 47.4 Å². The molecule has 28 heteroatoms. The predicted molar refractivity (Wildman–Crippen MR) is 265 cm³/mol. The molecule has 6 N–H and O–H groups in total. The maximum Gasteiger partial charge on any atom is 0.313 e. The number of nitrogens with zero attached hydrogens (tertiary/aromatic N) is 5. The Hall–Kier alpha value is -8.76. The molecule has 0 fully saturated rings. The highest BCUT2D eigenvalue weighted by molar-refractivity contribution is 5.98. The Morgan fingerprint density at radius 2 is 1.37 bits per heavy atom. The Labute approximate surface area is 444 Å². The number of benzene rings is 4. The number of amides is 5. The van der Waals surface area contributed by atoms with Crippen molar-refractivity contribution in [2.45, 2.75) is 37.3 Å². The summed E-state index contributed by atoms with van der Waals surface area (Å²) in [5.41, 5.74) is 1.25. The average molecular weight is 1110 g/mol. The van der Waals surface area contributed by atoms with Crippen LogP contribution in [0.3, 0.4) is 0 Å². The van der Waals surface area contributed by atoms with Gasteiger partial charge in [0.1, 0.15) is 36.6 Å². The molecule has 79 heavy (non-hydrogen) atoms. The van der Waals surface area contributed by atoms with E-state index in [1.54, 1.807) is 54.4 Å². The molecular formula is C51H51F6N11O11. The van der Waals surface area contributed by atoms with E-state index in [9.17, 15) is 55.5 Å². The van der Waals surface area contributed by atoms with Crippen molar-refractivity contribution in [1.82, 2.24) is 51.5 Å². The lowest BCUT2D eigenvalue weighted by Crippen LogP contribution is -2.52. The van der Waals surface area contributed by atoms with Gasteiger partial charge in [-0.2, -0.15) is 19.0 Å². The molecule has 0 spiro atoms. The van der Waals surface area contributed by atoms with Gasteiger partial charge in [-0.15, -0.1) is 0 Å². The summed E-state index contributed by atoms with van der Waals surface area (Å²) < 4.78 is 106. The highest BCUT2D eigenvalue weighted by atomic mass is 19.2. The minimum Gasteiger partial charge on any atom is -0.420 e. The van der Waals surface area contributed by atoms with Gasteiger partial charge in [0.25, 0.3) is 5.56 Å². The van der Waals surface area contributed by atoms with E-state index < -0.39 is 126 Å². The summed E-state index contributed by atoms with van der Waals surface area (Å²) >= 11 is 0. The van der Waals surface area contributed by atoms with Crippen LogP contribution in [0.2, 0.25) is 0 Å². The van der Waals surface area contributed by atoms with Gasteiger partial charge < -0.3 is 50.4 Å². The molecule has 418 valence electrons. The molecule has 0 bridgehead atoms. The first-order valence-electron chi connectivity index (χ1n) is 24.2. The first kappa shape index (κ1) is 57.9. The van der Waals surface area contributed by atoms with Crippen LogP contribution in [0.5, 0.6) is 5.75 Å². The SMILES string of the molecule is Cn1ncnc1C1c2n[nH]c(=O)c3cc(F)cc(c23)N(COCCNC(=O)CNC(=O)[C@H](Cc2ccccc2)NC(=O)CNC(=O)CNC(=O)CCOCCOCCC(=O)Oc2c(F)c(F)cc(F)c2F)[C@@H]1c1ccc(F)cc1. The minimum absolute atomic E-state index is 0.00602. The molecule has 1 unspecified atom stereocenters. The largest absolute Gasteiger partial charge is 0.420 e. The zero-order chi connectivity index (χ0) is 56.6. The Bertz CT molecular complexity index is 3200. The molecule has 6 aromatic rings. The van der Waals surface area contributed by atoms with E-state index in [-0.39, 0.29) is 76.3 Å². The van der Waals surface area contributed by atoms with Gasteiger partial charge in [-0.3, -0.25) is 38.2 Å². The van der Waals surface area contributed by atoms with Crippen LogP contribution in [-0.4, -0.2) is 132 Å². The van der Waals surface area contributed by atoms with Gasteiger partial charge in [0.05, 0.1) is 87.8 Å². The third-order valence-electron chi connectivity index (χ3n) is 12.0. The second-order valence-corrected chi connectivity index (χ2v) is 17.4. The van der Waals surface area contributed by atoms with Gasteiger partial charge in [0, 0.05) is 37.9 Å². The lowest BCUT2D eigenvalue weighted by molar-refractivity contribution is -0.136. The quantitative estimate of drug-likeness (QED) is 0.0142. The zero-order valence-corrected chi connectivity index (χ0v) is 41.9. The van der Waals surface area contributed by atoms with E-state index in [0.29, 0.717) is 28.0 Å². The second-order valence-electron chi connectivity index (χ2n) is 17.4. The Morgan fingerprint density at radius 1 is 0.709 bits per heavy atom. The molecule has 3 atom stereocenters. The van der Waals surface area contributed by atoms with E-state index >= 15 is 4.39 Å². The Balaban J connectivity index is 0.824. The number of nitrogens with one attached hydrogen (secondary N) is 6. The van der Waals surface area contributed by atoms with Crippen molar-refractivity contribution < 1.29 is 74.1 Å². The number of rotatable bonds is 27. The van der Waals surface area contributed by atoms with Gasteiger partial charge in [-0.05, 0) is 35.4 Å². The van der Waals surface area contributed by atoms with Crippen molar-refractivity contribution in [3.05, 3.63) is 147 Å². The molecule has 2 aromatic heterocycles. The lowest BCUT2D eigenvalue weighted by atomic mass is 9.82. The van der Waals surface area contributed by atoms with Crippen molar-refractivity contribution in [3.63, 3.8) is 0 Å². The molecular weight excluding hydrogens is 1060 g/mol. The topological polar surface area (TPSA) is 279 Å². The summed E-state index contributed by atoms with van der Waals surface area (Å²) in [4.78, 5) is 95.1. The zero-order valence-electron chi connectivity index (χ0n) is 41.9. The van der Waals surface area contributed by atoms with Crippen molar-refractivity contribution in [2.75, 3.05) is 70.8 Å². The van der Waals surface area contributed by atoms with Crippen molar-refractivity contribution in [1.29, 1.82) is 0 Å². The van der Waals surface area contributed by atoms with E-state index in [1.807, 2.05) is 0 Å². The number of aromatic amines is 1. The van der Waals surface area contributed by atoms with Crippen LogP contribution in [0.15, 0.2) is 83.9 Å². The van der Waals surface area contributed by atoms with Crippen molar-refractivity contribution in [3.8, 4) is 5.75 Å². The van der Waals surface area contributed by atoms with Crippen LogP contribution in [0.25, 0.3) is 10.8 Å². The predicted octanol–water partition coefficient (Wildman–Crippen LogP) is 2.16. The van der Waals surface area contributed by atoms with Crippen LogP contribution in [-0.2, 0) is 56.4 Å². The fourth-order valence-corrected chi connectivity index (χ4v) is 8.27. The van der Waals surface area contributed by atoms with Crippen molar-refractivity contribution in [2.24, 2.45) is 7.05 Å². The summed E-state index contributed by atoms with van der Waals surface area (Å²) in [6.07, 6.45) is 0.640. The summed E-state index contributed by atoms with van der Waals surface area (Å²) in [7, 11) is 1.67. The van der Waals surface area contributed by atoms with Crippen LogP contribution < -0.4 is 41.8 Å². The van der Waals surface area contributed by atoms with Crippen molar-refractivity contribution >= 4 is 52.0 Å². The monoisotopic (exact) mass is 1110 g/mol. The molecule has 4 aromatic carbocycles. The van der Waals surface area contributed by atoms with Crippen LogP contribution >= 0.6 is 0 Å². The number of esters is 1. The van der Waals surface area contributed by atoms with Gasteiger partial charge >= 0.3 is 5.97 Å². The van der Waals surface area contributed by atoms with E-state index in [1.165, 1.54) is 29.2 Å². The fourth-order valence-electron chi connectivity index (χ4n) is 8.27. The fraction of sp³-hybridized carbons (Fsp3) is 0.333. The third-order valence-corrected chi connectivity index (χ3v) is 12.0. The second kappa shape index (κ2) is 27.5. The number of hydrogen-bond acceptors (Lipinski definition) is 15. The lowest BCUT2D eigenvalue weighted by Gasteiger charge is -2.42. The van der Waals surface area contributed by atoms with Gasteiger partial charge in [-0.1, -0.05) is 42.5 Å². The molecule has 0 radical (unpaired) electrons. The normalized spacial score (nSPS) is 14.1. The van der Waals surface area contributed by atoms with Gasteiger partial charge in [0.2, 0.25) is 46.9 Å². The maximum absolute atomic E-state index is 15.3. The number of carbonyl (C=O) groups excluding carboxylic acids is 6. The summed E-state index contributed by atoms with van der Waals surface area (Å²) in [5, 5.41) is 23.8. The van der Waals surface area contributed by atoms with Crippen LogP contribution in [0, 0.1) is 34.9 Å². The molecule has 3 heterocycles. The van der Waals surface area contributed by atoms with Gasteiger partial charge in [-0.25, -0.2) is 27.6 Å². The average Bonchev–Trinajstić information content (AvgIpc) is 3.94. The highest BCUT2D eigenvalue weighted by Gasteiger charge is 2.42. The molecule has 0 saturated carbocycles. The van der Waals surface area contributed by atoms with E-state index in [0.717, 1.165) is 6.07 Å². The molecule has 5 amide bonds. The molecule has 0 saturated heterocycles. The first-order valence-corrected chi connectivity index (χ1v) is 24.2. The number of halogens is 6. The Kier molecular flexibility index (Phi) is 20.2. The van der Waals surface area contributed by atoms with Crippen LogP contribution in [0.4, 0.5) is 32.0 Å². The summed E-state index contributed by atoms with van der Waals surface area (Å²) in [5.74, 6) is -14.9. The molecule has 22 nitrogen and oxygen atoms in total. The van der Waals surface area contributed by atoms with Gasteiger partial charge in [0.15, 0.2) is 11.6 Å². The van der Waals surface area contributed by atoms with E-state index in [2.05, 4.69) is 51.6 Å². The summed E-state index contributed by atoms with van der Waals surface area (Å²) in [6, 6.07) is 14.7. The molecule has 1 aliphatic rings. The standard InChI is InChI=1S/C51H51F6N11O11/c1-67-49(62-26-63-67)43-46-42-32(50(74)66-65-46)20-31(53)21-36(42)68(47(43)29-7-9-30(52)10-8-29)27-78-16-13-58-38(70)24-61-51(75)35(19-28-5-3-2-4-6-28)64-40(72)25-60-39(71)23-59-37(69)11-14-76-17-18-77-15-12-41(73)79-48-44(56)33(54)22-34(55)45(48)57/h2-10,20-22,26,35,43,47H,11-19,23-25,27H2,1H3,(H,58,70)(H,59,69)(H,60,71)(H,61,75)(H,64,72)(H,66,74)/t35-,43?,47+/m0/s1. The van der Waals surface area contributed by atoms with E-state index in [4.69, 9.17) is 14.2 Å². The number of aryl methyl sites for hydroxylation is 1. The number of hydrogen-bond donors (Lipinski definition) is 6. The number of aromatic nitrogens is 5. The third kappa shape index (κ3) is 15.5.